The second-order valence-corrected chi connectivity index (χ2v) is 6.88. The minimum absolute atomic E-state index is 0.188. The summed E-state index contributed by atoms with van der Waals surface area (Å²) in [6.07, 6.45) is 3.72. The lowest BCUT2D eigenvalue weighted by atomic mass is 10.2. The first-order valence-corrected chi connectivity index (χ1v) is 7.97. The summed E-state index contributed by atoms with van der Waals surface area (Å²) < 4.78 is 27.2. The Morgan fingerprint density at radius 3 is 2.84 bits per heavy atom. The molecule has 1 aliphatic carbocycles. The number of hydrogen-bond donors (Lipinski definition) is 1. The van der Waals surface area contributed by atoms with Crippen LogP contribution in [0.2, 0.25) is 5.02 Å². The van der Waals surface area contributed by atoms with Gasteiger partial charge in [-0.05, 0) is 30.9 Å². The zero-order valence-electron chi connectivity index (χ0n) is 10.1. The van der Waals surface area contributed by atoms with Crippen molar-refractivity contribution in [1.29, 1.82) is 0 Å². The molecular formula is C13H13ClN2O2S. The molecule has 0 bridgehead atoms. The maximum absolute atomic E-state index is 12.3. The largest absolute Gasteiger partial charge is 0.255 e. The van der Waals surface area contributed by atoms with E-state index in [2.05, 4.69) is 9.71 Å². The Kier molecular flexibility index (Phi) is 3.20. The van der Waals surface area contributed by atoms with Gasteiger partial charge in [0.2, 0.25) is 10.0 Å². The van der Waals surface area contributed by atoms with Crippen molar-refractivity contribution in [3.05, 3.63) is 35.5 Å². The van der Waals surface area contributed by atoms with Crippen molar-refractivity contribution >= 4 is 32.5 Å². The van der Waals surface area contributed by atoms with Crippen LogP contribution in [-0.4, -0.2) is 19.9 Å². The summed E-state index contributed by atoms with van der Waals surface area (Å²) in [6.45, 7) is 0.499. The van der Waals surface area contributed by atoms with E-state index in [0.29, 0.717) is 28.4 Å². The van der Waals surface area contributed by atoms with Crippen molar-refractivity contribution < 1.29 is 8.42 Å². The van der Waals surface area contributed by atoms with E-state index >= 15 is 0 Å². The van der Waals surface area contributed by atoms with E-state index in [1.807, 2.05) is 0 Å². The number of rotatable bonds is 4. The van der Waals surface area contributed by atoms with E-state index in [1.54, 1.807) is 24.3 Å². The molecule has 2 aromatic rings. The lowest BCUT2D eigenvalue weighted by Crippen LogP contribution is -2.26. The van der Waals surface area contributed by atoms with Crippen LogP contribution in [-0.2, 0) is 10.0 Å². The Bertz CT molecular complexity index is 727. The number of fused-ring (bicyclic) bond motifs is 1. The third-order valence-corrected chi connectivity index (χ3v) is 5.01. The van der Waals surface area contributed by atoms with Crippen LogP contribution in [0.4, 0.5) is 0 Å². The highest BCUT2D eigenvalue weighted by atomic mass is 35.5. The minimum atomic E-state index is -3.53. The number of nitrogens with one attached hydrogen (secondary N) is 1. The Balaban J connectivity index is 2.06. The fraction of sp³-hybridized carbons (Fsp3) is 0.308. The van der Waals surface area contributed by atoms with Crippen LogP contribution in [0.15, 0.2) is 35.4 Å². The van der Waals surface area contributed by atoms with Gasteiger partial charge in [-0.15, -0.1) is 0 Å². The van der Waals surface area contributed by atoms with Gasteiger partial charge in [-0.3, -0.25) is 4.98 Å². The smallest absolute Gasteiger partial charge is 0.242 e. The summed E-state index contributed by atoms with van der Waals surface area (Å²) in [5.41, 5.74) is 0.415. The molecule has 0 amide bonds. The van der Waals surface area contributed by atoms with E-state index < -0.39 is 10.0 Å². The third-order valence-electron chi connectivity index (χ3n) is 3.23. The van der Waals surface area contributed by atoms with Gasteiger partial charge in [0.25, 0.3) is 0 Å². The van der Waals surface area contributed by atoms with E-state index in [1.165, 1.54) is 6.20 Å². The van der Waals surface area contributed by atoms with Crippen molar-refractivity contribution in [1.82, 2.24) is 9.71 Å². The molecule has 1 N–H and O–H groups in total. The normalized spacial score (nSPS) is 15.8. The lowest BCUT2D eigenvalue weighted by Gasteiger charge is -2.09. The number of halogens is 1. The van der Waals surface area contributed by atoms with Gasteiger partial charge in [0.15, 0.2) is 0 Å². The number of aromatic nitrogens is 1. The second kappa shape index (κ2) is 4.74. The number of sulfonamides is 1. The molecule has 0 aliphatic heterocycles. The van der Waals surface area contributed by atoms with Gasteiger partial charge in [-0.25, -0.2) is 13.1 Å². The predicted octanol–water partition coefficient (Wildman–Crippen LogP) is 2.58. The molecule has 0 spiro atoms. The van der Waals surface area contributed by atoms with Gasteiger partial charge < -0.3 is 0 Å². The van der Waals surface area contributed by atoms with E-state index in [4.69, 9.17) is 11.6 Å². The number of nitrogens with zero attached hydrogens (tertiary/aromatic N) is 1. The molecule has 1 aromatic carbocycles. The van der Waals surface area contributed by atoms with Gasteiger partial charge in [-0.2, -0.15) is 0 Å². The third kappa shape index (κ3) is 2.59. The van der Waals surface area contributed by atoms with Gasteiger partial charge >= 0.3 is 0 Å². The van der Waals surface area contributed by atoms with Crippen LogP contribution < -0.4 is 4.72 Å². The maximum Gasteiger partial charge on any atom is 0.242 e. The zero-order valence-corrected chi connectivity index (χ0v) is 11.7. The first-order chi connectivity index (χ1) is 9.08. The van der Waals surface area contributed by atoms with Crippen LogP contribution in [0.25, 0.3) is 10.9 Å². The Hall–Kier alpha value is -1.17. The maximum atomic E-state index is 12.3. The molecule has 0 atom stereocenters. The second-order valence-electron chi connectivity index (χ2n) is 4.74. The average molecular weight is 297 g/mol. The topological polar surface area (TPSA) is 59.1 Å². The standard InChI is InChI=1S/C13H13ClN2O2S/c14-11-6-7-15-13-10(11)2-1-3-12(13)19(17,18)16-8-9-4-5-9/h1-3,6-7,9,16H,4-5,8H2. The van der Waals surface area contributed by atoms with Crippen molar-refractivity contribution in [2.45, 2.75) is 17.7 Å². The predicted molar refractivity (Wildman–Crippen MR) is 74.7 cm³/mol. The monoisotopic (exact) mass is 296 g/mol. The molecular weight excluding hydrogens is 284 g/mol. The van der Waals surface area contributed by atoms with Crippen LogP contribution in [0.1, 0.15) is 12.8 Å². The van der Waals surface area contributed by atoms with Crippen molar-refractivity contribution in [3.8, 4) is 0 Å². The van der Waals surface area contributed by atoms with Crippen LogP contribution in [0.3, 0.4) is 0 Å². The summed E-state index contributed by atoms with van der Waals surface area (Å²) in [4.78, 5) is 4.34. The van der Waals surface area contributed by atoms with Gasteiger partial charge in [0.05, 0.1) is 10.5 Å². The molecule has 1 saturated carbocycles. The fourth-order valence-corrected chi connectivity index (χ4v) is 3.45. The highest BCUT2D eigenvalue weighted by Gasteiger charge is 2.25. The van der Waals surface area contributed by atoms with Crippen LogP contribution >= 0.6 is 11.6 Å². The quantitative estimate of drug-likeness (QED) is 0.943. The summed E-state index contributed by atoms with van der Waals surface area (Å²) in [5, 5.41) is 1.16. The molecule has 1 aliphatic rings. The highest BCUT2D eigenvalue weighted by molar-refractivity contribution is 7.89. The summed E-state index contributed by atoms with van der Waals surface area (Å²) >= 11 is 6.06. The SMILES string of the molecule is O=S(=O)(NCC1CC1)c1cccc2c(Cl)ccnc12. The number of pyridine rings is 1. The average Bonchev–Trinajstić information content (AvgIpc) is 3.20. The molecule has 4 nitrogen and oxygen atoms in total. The molecule has 19 heavy (non-hydrogen) atoms. The Labute approximate surface area is 116 Å². The molecule has 1 fully saturated rings. The molecule has 100 valence electrons. The van der Waals surface area contributed by atoms with Crippen LogP contribution in [0.5, 0.6) is 0 Å². The van der Waals surface area contributed by atoms with Gasteiger partial charge in [0.1, 0.15) is 4.90 Å². The molecule has 6 heteroatoms. The molecule has 0 saturated heterocycles. The highest BCUT2D eigenvalue weighted by Crippen LogP contribution is 2.29. The van der Waals surface area contributed by atoms with Crippen LogP contribution in [0, 0.1) is 5.92 Å². The minimum Gasteiger partial charge on any atom is -0.255 e. The summed E-state index contributed by atoms with van der Waals surface area (Å²) in [5.74, 6) is 0.487. The van der Waals surface area contributed by atoms with Gasteiger partial charge in [-0.1, -0.05) is 23.7 Å². The number of para-hydroxylation sites is 1. The van der Waals surface area contributed by atoms with Crippen molar-refractivity contribution in [2.75, 3.05) is 6.54 Å². The Morgan fingerprint density at radius 1 is 1.32 bits per heavy atom. The summed E-state index contributed by atoms with van der Waals surface area (Å²) in [7, 11) is -3.53. The summed E-state index contributed by atoms with van der Waals surface area (Å²) in [6, 6.07) is 6.66. The molecule has 3 rings (SSSR count). The lowest BCUT2D eigenvalue weighted by molar-refractivity contribution is 0.578. The van der Waals surface area contributed by atoms with E-state index in [9.17, 15) is 8.42 Å². The van der Waals surface area contributed by atoms with Crippen molar-refractivity contribution in [3.63, 3.8) is 0 Å². The Morgan fingerprint density at radius 2 is 2.11 bits per heavy atom. The fourth-order valence-electron chi connectivity index (χ4n) is 1.96. The first kappa shape index (κ1) is 12.8. The molecule has 1 heterocycles. The first-order valence-electron chi connectivity index (χ1n) is 6.11. The number of benzene rings is 1. The molecule has 1 aromatic heterocycles. The van der Waals surface area contributed by atoms with Gasteiger partial charge in [0, 0.05) is 18.1 Å². The number of hydrogen-bond acceptors (Lipinski definition) is 3. The zero-order chi connectivity index (χ0) is 13.5. The van der Waals surface area contributed by atoms with E-state index in [-0.39, 0.29) is 4.90 Å². The molecule has 0 unspecified atom stereocenters. The van der Waals surface area contributed by atoms with Crippen molar-refractivity contribution in [2.24, 2.45) is 5.92 Å². The molecule has 0 radical (unpaired) electrons. The van der Waals surface area contributed by atoms with E-state index in [0.717, 1.165) is 12.8 Å².